The van der Waals surface area contributed by atoms with Crippen LogP contribution in [0, 0.1) is 11.3 Å². The number of rotatable bonds is 8. The Morgan fingerprint density at radius 1 is 1.09 bits per heavy atom. The molecule has 0 radical (unpaired) electrons. The third-order valence-electron chi connectivity index (χ3n) is 4.75. The molecule has 1 aromatic carbocycles. The van der Waals surface area contributed by atoms with Crippen molar-refractivity contribution in [3.05, 3.63) is 47.5 Å². The molecule has 124 valence electrons. The largest absolute Gasteiger partial charge is 0.374 e. The molecule has 0 bridgehead atoms. The van der Waals surface area contributed by atoms with E-state index >= 15 is 0 Å². The topological polar surface area (TPSA) is 33.0 Å². The molecule has 1 fully saturated rings. The molecule has 2 rings (SSSR count). The average molecular weight is 311 g/mol. The maximum absolute atomic E-state index is 8.86. The zero-order valence-electron chi connectivity index (χ0n) is 14.3. The molecule has 2 heteroatoms. The van der Waals surface area contributed by atoms with Crippen LogP contribution in [0.3, 0.4) is 0 Å². The van der Waals surface area contributed by atoms with Gasteiger partial charge in [-0.2, -0.15) is 5.26 Å². The summed E-state index contributed by atoms with van der Waals surface area (Å²) >= 11 is 0. The lowest BCUT2D eigenvalue weighted by Crippen LogP contribution is -2.20. The monoisotopic (exact) mass is 311 g/mol. The first-order valence-electron chi connectivity index (χ1n) is 9.10. The highest BCUT2D eigenvalue weighted by atomic mass is 16.5. The van der Waals surface area contributed by atoms with Gasteiger partial charge in [-0.25, -0.2) is 0 Å². The van der Waals surface area contributed by atoms with Gasteiger partial charge in [0.25, 0.3) is 0 Å². The molecule has 2 nitrogen and oxygen atoms in total. The molecule has 0 atom stereocenters. The summed E-state index contributed by atoms with van der Waals surface area (Å²) in [5.41, 5.74) is 2.12. The Kier molecular flexibility index (Phi) is 7.90. The Labute approximate surface area is 141 Å². The third-order valence-corrected chi connectivity index (χ3v) is 4.75. The van der Waals surface area contributed by atoms with Gasteiger partial charge in [0.05, 0.1) is 24.3 Å². The van der Waals surface area contributed by atoms with Crippen LogP contribution >= 0.6 is 0 Å². The second-order valence-electron chi connectivity index (χ2n) is 6.51. The van der Waals surface area contributed by atoms with E-state index in [2.05, 4.69) is 37.3 Å². The van der Waals surface area contributed by atoms with Gasteiger partial charge in [-0.3, -0.25) is 0 Å². The summed E-state index contributed by atoms with van der Waals surface area (Å²) < 4.78 is 5.98. The first-order valence-corrected chi connectivity index (χ1v) is 9.10. The fourth-order valence-corrected chi connectivity index (χ4v) is 3.28. The van der Waals surface area contributed by atoms with Crippen LogP contribution in [0.15, 0.2) is 36.4 Å². The summed E-state index contributed by atoms with van der Waals surface area (Å²) in [5.74, 6) is 0.632. The Bertz CT molecular complexity index is 504. The van der Waals surface area contributed by atoms with E-state index in [-0.39, 0.29) is 0 Å². The van der Waals surface area contributed by atoms with Crippen LogP contribution in [0.25, 0.3) is 0 Å². The lowest BCUT2D eigenvalue weighted by Gasteiger charge is -2.28. The van der Waals surface area contributed by atoms with Crippen LogP contribution in [0.5, 0.6) is 0 Å². The fourth-order valence-electron chi connectivity index (χ4n) is 3.28. The van der Waals surface area contributed by atoms with Crippen molar-refractivity contribution < 1.29 is 4.74 Å². The van der Waals surface area contributed by atoms with Gasteiger partial charge >= 0.3 is 0 Å². The summed E-state index contributed by atoms with van der Waals surface area (Å²) in [5, 5.41) is 8.86. The van der Waals surface area contributed by atoms with Crippen molar-refractivity contribution in [1.29, 1.82) is 5.26 Å². The predicted molar refractivity (Wildman–Crippen MR) is 95.4 cm³/mol. The van der Waals surface area contributed by atoms with E-state index in [9.17, 15) is 0 Å². The van der Waals surface area contributed by atoms with Crippen molar-refractivity contribution in [1.82, 2.24) is 0 Å². The van der Waals surface area contributed by atoms with E-state index < -0.39 is 0 Å². The number of allylic oxidation sites excluding steroid dienone is 1. The lowest BCUT2D eigenvalue weighted by atomic mass is 9.82. The number of benzene rings is 1. The number of nitriles is 1. The van der Waals surface area contributed by atoms with E-state index in [1.54, 1.807) is 0 Å². The van der Waals surface area contributed by atoms with Gasteiger partial charge in [0.15, 0.2) is 0 Å². The standard InChI is InChI=1S/C21H29NO/c1-2-3-4-5-6-7-16-23-21-14-12-20(13-15-21)19-10-8-18(17-22)9-11-19/h6-11,20-21H,2-5,12-16H2,1H3/b7-6+. The second kappa shape index (κ2) is 10.2. The summed E-state index contributed by atoms with van der Waals surface area (Å²) in [6.45, 7) is 3.00. The minimum atomic E-state index is 0.421. The van der Waals surface area contributed by atoms with Gasteiger partial charge < -0.3 is 4.74 Å². The normalized spacial score (nSPS) is 21.4. The number of unbranched alkanes of at least 4 members (excludes halogenated alkanes) is 3. The van der Waals surface area contributed by atoms with Crippen molar-refractivity contribution in [2.24, 2.45) is 0 Å². The Morgan fingerprint density at radius 3 is 2.48 bits per heavy atom. The highest BCUT2D eigenvalue weighted by Gasteiger charge is 2.22. The molecule has 1 saturated carbocycles. The predicted octanol–water partition coefficient (Wildman–Crippen LogP) is 5.74. The van der Waals surface area contributed by atoms with Gasteiger partial charge in [-0.1, -0.05) is 44.1 Å². The number of ether oxygens (including phenoxy) is 1. The molecular weight excluding hydrogens is 282 g/mol. The van der Waals surface area contributed by atoms with Gasteiger partial charge in [0.2, 0.25) is 0 Å². The lowest BCUT2D eigenvalue weighted by molar-refractivity contribution is 0.0422. The van der Waals surface area contributed by atoms with Gasteiger partial charge in [0.1, 0.15) is 0 Å². The first kappa shape index (κ1) is 17.8. The van der Waals surface area contributed by atoms with Gasteiger partial charge in [-0.15, -0.1) is 0 Å². The fraction of sp³-hybridized carbons (Fsp3) is 0.571. The molecule has 0 N–H and O–H groups in total. The summed E-state index contributed by atoms with van der Waals surface area (Å²) in [4.78, 5) is 0. The van der Waals surface area contributed by atoms with Crippen molar-refractivity contribution in [2.45, 2.75) is 70.3 Å². The smallest absolute Gasteiger partial charge is 0.0991 e. The molecule has 0 heterocycles. The highest BCUT2D eigenvalue weighted by Crippen LogP contribution is 2.34. The molecule has 1 aliphatic rings. The van der Waals surface area contributed by atoms with Crippen molar-refractivity contribution in [3.63, 3.8) is 0 Å². The zero-order valence-corrected chi connectivity index (χ0v) is 14.3. The summed E-state index contributed by atoms with van der Waals surface area (Å²) in [7, 11) is 0. The van der Waals surface area contributed by atoms with E-state index in [1.165, 1.54) is 44.1 Å². The molecule has 23 heavy (non-hydrogen) atoms. The Hall–Kier alpha value is -1.59. The van der Waals surface area contributed by atoms with Crippen LogP contribution in [-0.4, -0.2) is 12.7 Å². The maximum atomic E-state index is 8.86. The number of hydrogen-bond donors (Lipinski definition) is 0. The van der Waals surface area contributed by atoms with Crippen LogP contribution < -0.4 is 0 Å². The molecule has 0 spiro atoms. The van der Waals surface area contributed by atoms with Gasteiger partial charge in [0, 0.05) is 0 Å². The zero-order chi connectivity index (χ0) is 16.3. The quantitative estimate of drug-likeness (QED) is 0.453. The summed E-state index contributed by atoms with van der Waals surface area (Å²) in [6, 6.07) is 10.3. The van der Waals surface area contributed by atoms with Crippen LogP contribution in [0.4, 0.5) is 0 Å². The summed E-state index contributed by atoms with van der Waals surface area (Å²) in [6.07, 6.45) is 14.6. The average Bonchev–Trinajstić information content (AvgIpc) is 2.61. The number of hydrogen-bond acceptors (Lipinski definition) is 2. The molecule has 0 unspecified atom stereocenters. The third kappa shape index (κ3) is 6.20. The van der Waals surface area contributed by atoms with Crippen LogP contribution in [0.1, 0.15) is 75.3 Å². The van der Waals surface area contributed by atoms with Crippen LogP contribution in [-0.2, 0) is 4.74 Å². The first-order chi connectivity index (χ1) is 11.3. The molecule has 0 saturated heterocycles. The molecule has 0 aliphatic heterocycles. The van der Waals surface area contributed by atoms with Crippen molar-refractivity contribution >= 4 is 0 Å². The van der Waals surface area contributed by atoms with Crippen molar-refractivity contribution in [3.8, 4) is 6.07 Å². The molecule has 1 aliphatic carbocycles. The SMILES string of the molecule is CCCCC/C=C/COC1CCC(c2ccc(C#N)cc2)CC1. The second-order valence-corrected chi connectivity index (χ2v) is 6.51. The molecule has 0 amide bonds. The minimum Gasteiger partial charge on any atom is -0.374 e. The van der Waals surface area contributed by atoms with Crippen LogP contribution in [0.2, 0.25) is 0 Å². The Morgan fingerprint density at radius 2 is 1.83 bits per heavy atom. The highest BCUT2D eigenvalue weighted by molar-refractivity contribution is 5.33. The molecule has 0 aromatic heterocycles. The molecular formula is C21H29NO. The van der Waals surface area contributed by atoms with Gasteiger partial charge in [-0.05, 0) is 62.1 Å². The minimum absolute atomic E-state index is 0.421. The maximum Gasteiger partial charge on any atom is 0.0991 e. The van der Waals surface area contributed by atoms with E-state index in [0.29, 0.717) is 12.0 Å². The van der Waals surface area contributed by atoms with E-state index in [4.69, 9.17) is 10.00 Å². The molecule has 1 aromatic rings. The van der Waals surface area contributed by atoms with E-state index in [0.717, 1.165) is 25.0 Å². The Balaban J connectivity index is 1.64. The van der Waals surface area contributed by atoms with E-state index in [1.807, 2.05) is 12.1 Å². The number of nitrogens with zero attached hydrogens (tertiary/aromatic N) is 1. The van der Waals surface area contributed by atoms with Crippen molar-refractivity contribution in [2.75, 3.05) is 6.61 Å².